The lowest BCUT2D eigenvalue weighted by Gasteiger charge is -2.15. The first-order valence-electron chi connectivity index (χ1n) is 6.36. The van der Waals surface area contributed by atoms with E-state index < -0.39 is 0 Å². The Labute approximate surface area is 117 Å². The summed E-state index contributed by atoms with van der Waals surface area (Å²) in [5.74, 6) is 0.0515. The van der Waals surface area contributed by atoms with E-state index >= 15 is 0 Å². The van der Waals surface area contributed by atoms with Gasteiger partial charge in [-0.05, 0) is 30.7 Å². The van der Waals surface area contributed by atoms with E-state index in [1.807, 2.05) is 0 Å². The summed E-state index contributed by atoms with van der Waals surface area (Å²) in [6, 6.07) is 6.67. The van der Waals surface area contributed by atoms with Crippen molar-refractivity contribution in [1.82, 2.24) is 14.8 Å². The maximum atomic E-state index is 12.5. The Morgan fingerprint density at radius 1 is 1.37 bits per heavy atom. The van der Waals surface area contributed by atoms with E-state index in [2.05, 4.69) is 17.0 Å². The number of aromatic nitrogens is 3. The molecule has 2 aromatic rings. The van der Waals surface area contributed by atoms with Crippen LogP contribution in [0, 0.1) is 0 Å². The fourth-order valence-corrected chi connectivity index (χ4v) is 2.09. The van der Waals surface area contributed by atoms with Crippen LogP contribution in [0.5, 0.6) is 0 Å². The molecule has 1 unspecified atom stereocenters. The van der Waals surface area contributed by atoms with Crippen LogP contribution in [0.15, 0.2) is 36.9 Å². The molecule has 0 aliphatic heterocycles. The largest absolute Gasteiger partial charge is 0.292 e. The molecule has 0 aliphatic rings. The van der Waals surface area contributed by atoms with Crippen molar-refractivity contribution >= 4 is 17.4 Å². The molecule has 0 radical (unpaired) electrons. The maximum absolute atomic E-state index is 12.5. The number of hydrogen-bond donors (Lipinski definition) is 0. The topological polar surface area (TPSA) is 47.8 Å². The quantitative estimate of drug-likeness (QED) is 0.759. The fraction of sp³-hybridized carbons (Fsp3) is 0.357. The van der Waals surface area contributed by atoms with Gasteiger partial charge < -0.3 is 0 Å². The SMILES string of the molecule is CCCCC(C(=O)c1ccc(Cl)cc1)n1cncn1. The molecule has 0 amide bonds. The predicted molar refractivity (Wildman–Crippen MR) is 74.4 cm³/mol. The van der Waals surface area contributed by atoms with Crippen LogP contribution in [0.2, 0.25) is 5.02 Å². The number of ketones is 1. The van der Waals surface area contributed by atoms with Crippen LogP contribution >= 0.6 is 11.6 Å². The van der Waals surface area contributed by atoms with Gasteiger partial charge in [0, 0.05) is 10.6 Å². The molecule has 0 N–H and O–H groups in total. The van der Waals surface area contributed by atoms with Crippen LogP contribution in [-0.2, 0) is 0 Å². The standard InChI is InChI=1S/C14H16ClN3O/c1-2-3-4-13(18-10-16-9-17-18)14(19)11-5-7-12(15)8-6-11/h5-10,13H,2-4H2,1H3. The van der Waals surface area contributed by atoms with Crippen molar-refractivity contribution in [3.8, 4) is 0 Å². The van der Waals surface area contributed by atoms with E-state index in [1.54, 1.807) is 35.3 Å². The molecule has 0 aliphatic carbocycles. The smallest absolute Gasteiger partial charge is 0.187 e. The Morgan fingerprint density at radius 3 is 2.68 bits per heavy atom. The average molecular weight is 278 g/mol. The molecular formula is C14H16ClN3O. The van der Waals surface area contributed by atoms with Gasteiger partial charge >= 0.3 is 0 Å². The van der Waals surface area contributed by atoms with Gasteiger partial charge in [0.15, 0.2) is 5.78 Å². The second kappa shape index (κ2) is 6.48. The maximum Gasteiger partial charge on any atom is 0.187 e. The van der Waals surface area contributed by atoms with Crippen molar-refractivity contribution in [3.05, 3.63) is 47.5 Å². The van der Waals surface area contributed by atoms with Crippen molar-refractivity contribution in [2.24, 2.45) is 0 Å². The van der Waals surface area contributed by atoms with Crippen molar-refractivity contribution in [2.75, 3.05) is 0 Å². The van der Waals surface area contributed by atoms with Crippen molar-refractivity contribution in [3.63, 3.8) is 0 Å². The third-order valence-corrected chi connectivity index (χ3v) is 3.27. The Hall–Kier alpha value is -1.68. The van der Waals surface area contributed by atoms with Gasteiger partial charge in [0.2, 0.25) is 0 Å². The van der Waals surface area contributed by atoms with Gasteiger partial charge in [-0.3, -0.25) is 4.79 Å². The minimum Gasteiger partial charge on any atom is -0.292 e. The van der Waals surface area contributed by atoms with Crippen LogP contribution < -0.4 is 0 Å². The molecule has 5 heteroatoms. The monoisotopic (exact) mass is 277 g/mol. The van der Waals surface area contributed by atoms with Crippen LogP contribution in [0.4, 0.5) is 0 Å². The highest BCUT2D eigenvalue weighted by atomic mass is 35.5. The molecular weight excluding hydrogens is 262 g/mol. The van der Waals surface area contributed by atoms with E-state index in [-0.39, 0.29) is 11.8 Å². The molecule has 1 aromatic heterocycles. The van der Waals surface area contributed by atoms with Crippen molar-refractivity contribution < 1.29 is 4.79 Å². The first-order valence-corrected chi connectivity index (χ1v) is 6.74. The summed E-state index contributed by atoms with van der Waals surface area (Å²) in [6.07, 6.45) is 5.83. The number of hydrogen-bond acceptors (Lipinski definition) is 3. The number of nitrogens with zero attached hydrogens (tertiary/aromatic N) is 3. The molecule has 0 fully saturated rings. The summed E-state index contributed by atoms with van der Waals surface area (Å²) in [4.78, 5) is 16.4. The first-order chi connectivity index (χ1) is 9.22. The normalized spacial score (nSPS) is 12.3. The average Bonchev–Trinajstić information content (AvgIpc) is 2.94. The molecule has 0 saturated carbocycles. The molecule has 0 bridgehead atoms. The Balaban J connectivity index is 2.22. The van der Waals surface area contributed by atoms with Crippen LogP contribution in [0.3, 0.4) is 0 Å². The number of carbonyl (C=O) groups excluding carboxylic acids is 1. The Bertz CT molecular complexity index is 522. The highest BCUT2D eigenvalue weighted by molar-refractivity contribution is 6.30. The third kappa shape index (κ3) is 3.41. The summed E-state index contributed by atoms with van der Waals surface area (Å²) in [5, 5.41) is 4.72. The summed E-state index contributed by atoms with van der Waals surface area (Å²) < 4.78 is 1.63. The number of Topliss-reactive ketones (excluding diaryl/α,β-unsaturated/α-hetero) is 1. The zero-order valence-electron chi connectivity index (χ0n) is 10.8. The number of rotatable bonds is 6. The van der Waals surface area contributed by atoms with Gasteiger partial charge in [-0.15, -0.1) is 0 Å². The molecule has 19 heavy (non-hydrogen) atoms. The molecule has 0 saturated heterocycles. The zero-order chi connectivity index (χ0) is 13.7. The second-order valence-electron chi connectivity index (χ2n) is 4.40. The minimum atomic E-state index is -0.288. The van der Waals surface area contributed by atoms with Gasteiger partial charge in [0.25, 0.3) is 0 Å². The van der Waals surface area contributed by atoms with E-state index in [0.717, 1.165) is 19.3 Å². The second-order valence-corrected chi connectivity index (χ2v) is 4.84. The third-order valence-electron chi connectivity index (χ3n) is 3.02. The number of halogens is 1. The van der Waals surface area contributed by atoms with Crippen molar-refractivity contribution in [2.45, 2.75) is 32.2 Å². The van der Waals surface area contributed by atoms with Gasteiger partial charge in [0.05, 0.1) is 0 Å². The lowest BCUT2D eigenvalue weighted by molar-refractivity contribution is 0.0909. The number of unbranched alkanes of at least 4 members (excludes halogenated alkanes) is 1. The molecule has 2 rings (SSSR count). The molecule has 1 aromatic carbocycles. The summed E-state index contributed by atoms with van der Waals surface area (Å²) in [6.45, 7) is 2.10. The highest BCUT2D eigenvalue weighted by Gasteiger charge is 2.21. The summed E-state index contributed by atoms with van der Waals surface area (Å²) >= 11 is 5.84. The van der Waals surface area contributed by atoms with E-state index in [4.69, 9.17) is 11.6 Å². The Morgan fingerprint density at radius 2 is 2.11 bits per heavy atom. The fourth-order valence-electron chi connectivity index (χ4n) is 1.97. The molecule has 0 spiro atoms. The highest BCUT2D eigenvalue weighted by Crippen LogP contribution is 2.21. The van der Waals surface area contributed by atoms with E-state index in [0.29, 0.717) is 10.6 Å². The summed E-state index contributed by atoms with van der Waals surface area (Å²) in [7, 11) is 0. The number of carbonyl (C=O) groups is 1. The van der Waals surface area contributed by atoms with Gasteiger partial charge in [-0.25, -0.2) is 9.67 Å². The molecule has 1 atom stereocenters. The molecule has 4 nitrogen and oxygen atoms in total. The molecule has 100 valence electrons. The number of benzene rings is 1. The lowest BCUT2D eigenvalue weighted by Crippen LogP contribution is -2.20. The predicted octanol–water partition coefficient (Wildman–Crippen LogP) is 3.55. The first kappa shape index (κ1) is 13.7. The van der Waals surface area contributed by atoms with E-state index in [9.17, 15) is 4.79 Å². The van der Waals surface area contributed by atoms with Gasteiger partial charge in [-0.2, -0.15) is 5.10 Å². The Kier molecular flexibility index (Phi) is 4.68. The lowest BCUT2D eigenvalue weighted by atomic mass is 10.00. The minimum absolute atomic E-state index is 0.0515. The molecule has 1 heterocycles. The van der Waals surface area contributed by atoms with Crippen molar-refractivity contribution in [1.29, 1.82) is 0 Å². The van der Waals surface area contributed by atoms with Crippen LogP contribution in [-0.4, -0.2) is 20.5 Å². The summed E-state index contributed by atoms with van der Waals surface area (Å²) in [5.41, 5.74) is 0.654. The van der Waals surface area contributed by atoms with E-state index in [1.165, 1.54) is 6.33 Å². The van der Waals surface area contributed by atoms with Crippen LogP contribution in [0.25, 0.3) is 0 Å². The zero-order valence-corrected chi connectivity index (χ0v) is 11.5. The van der Waals surface area contributed by atoms with Crippen LogP contribution in [0.1, 0.15) is 42.6 Å². The van der Waals surface area contributed by atoms with Gasteiger partial charge in [0.1, 0.15) is 18.7 Å². The van der Waals surface area contributed by atoms with Gasteiger partial charge in [-0.1, -0.05) is 31.4 Å².